The number of benzene rings is 1. The largest absolute Gasteiger partial charge is 0.356 e. The molecule has 1 aromatic rings. The topological polar surface area (TPSA) is 65.0 Å². The average molecular weight is 506 g/mol. The van der Waals surface area contributed by atoms with Gasteiger partial charge in [-0.15, -0.1) is 24.0 Å². The molecule has 8 heteroatoms. The number of hydrogen-bond acceptors (Lipinski definition) is 3. The molecule has 27 heavy (non-hydrogen) atoms. The zero-order valence-corrected chi connectivity index (χ0v) is 19.5. The van der Waals surface area contributed by atoms with Gasteiger partial charge in [0.05, 0.1) is 5.75 Å². The Morgan fingerprint density at radius 2 is 2.00 bits per heavy atom. The molecule has 1 aliphatic rings. The summed E-state index contributed by atoms with van der Waals surface area (Å²) in [5.74, 6) is 1.01. The van der Waals surface area contributed by atoms with Gasteiger partial charge in [0.25, 0.3) is 0 Å². The monoisotopic (exact) mass is 506 g/mol. The van der Waals surface area contributed by atoms with Crippen molar-refractivity contribution >= 4 is 45.5 Å². The lowest BCUT2D eigenvalue weighted by atomic mass is 10.00. The van der Waals surface area contributed by atoms with Gasteiger partial charge in [-0.3, -0.25) is 4.99 Å². The number of sulfonamides is 1. The molecule has 6 nitrogen and oxygen atoms in total. The van der Waals surface area contributed by atoms with Crippen molar-refractivity contribution in [2.24, 2.45) is 4.99 Å². The van der Waals surface area contributed by atoms with E-state index < -0.39 is 10.0 Å². The Morgan fingerprint density at radius 1 is 1.30 bits per heavy atom. The molecule has 0 saturated carbocycles. The van der Waals surface area contributed by atoms with E-state index in [9.17, 15) is 8.42 Å². The second-order valence-corrected chi connectivity index (χ2v) is 8.71. The zero-order chi connectivity index (χ0) is 19.0. The first-order valence-corrected chi connectivity index (χ1v) is 10.7. The van der Waals surface area contributed by atoms with Crippen LogP contribution in [0.15, 0.2) is 41.4 Å². The molecule has 1 heterocycles. The lowest BCUT2D eigenvalue weighted by molar-refractivity contribution is 0.431. The molecule has 0 aromatic heterocycles. The zero-order valence-electron chi connectivity index (χ0n) is 16.4. The molecule has 1 aliphatic heterocycles. The highest BCUT2D eigenvalue weighted by Gasteiger charge is 2.17. The number of nitrogens with zero attached hydrogens (tertiary/aromatic N) is 3. The molecule has 2 rings (SSSR count). The van der Waals surface area contributed by atoms with E-state index in [1.807, 2.05) is 6.07 Å². The van der Waals surface area contributed by atoms with E-state index in [0.29, 0.717) is 13.1 Å². The molecule has 0 amide bonds. The number of aliphatic imine (C=N–C) groups is 1. The van der Waals surface area contributed by atoms with E-state index in [1.54, 1.807) is 21.0 Å². The maximum atomic E-state index is 11.7. The van der Waals surface area contributed by atoms with Crippen LogP contribution >= 0.6 is 24.0 Å². The van der Waals surface area contributed by atoms with Crippen molar-refractivity contribution in [3.63, 3.8) is 0 Å². The van der Waals surface area contributed by atoms with E-state index in [0.717, 1.165) is 31.9 Å². The van der Waals surface area contributed by atoms with Crippen LogP contribution in [0.5, 0.6) is 0 Å². The normalized spacial score (nSPS) is 15.3. The van der Waals surface area contributed by atoms with Gasteiger partial charge < -0.3 is 10.2 Å². The third kappa shape index (κ3) is 7.08. The van der Waals surface area contributed by atoms with E-state index in [-0.39, 0.29) is 29.7 Å². The van der Waals surface area contributed by atoms with Crippen LogP contribution in [-0.4, -0.2) is 69.6 Å². The molecule has 0 unspecified atom stereocenters. The number of hydrogen-bond donors (Lipinski definition) is 1. The smallest absolute Gasteiger partial charge is 0.213 e. The maximum absolute atomic E-state index is 11.7. The Morgan fingerprint density at radius 3 is 2.56 bits per heavy atom. The molecular formula is C19H31IN4O2S. The average Bonchev–Trinajstić information content (AvgIpc) is 2.68. The first-order valence-electron chi connectivity index (χ1n) is 9.12. The summed E-state index contributed by atoms with van der Waals surface area (Å²) in [4.78, 5) is 6.58. The van der Waals surface area contributed by atoms with Gasteiger partial charge >= 0.3 is 0 Å². The maximum Gasteiger partial charge on any atom is 0.213 e. The molecule has 0 atom stereocenters. The fourth-order valence-electron chi connectivity index (χ4n) is 2.97. The van der Waals surface area contributed by atoms with Crippen molar-refractivity contribution in [1.82, 2.24) is 14.5 Å². The van der Waals surface area contributed by atoms with E-state index in [2.05, 4.69) is 45.6 Å². The number of nitrogens with one attached hydrogen (secondary N) is 1. The quantitative estimate of drug-likeness (QED) is 0.267. The fourth-order valence-corrected chi connectivity index (χ4v) is 3.82. The summed E-state index contributed by atoms with van der Waals surface area (Å²) < 4.78 is 24.9. The van der Waals surface area contributed by atoms with Crippen molar-refractivity contribution in [2.45, 2.75) is 19.8 Å². The summed E-state index contributed by atoms with van der Waals surface area (Å²) in [5, 5.41) is 3.34. The Balaban J connectivity index is 0.00000364. The predicted molar refractivity (Wildman–Crippen MR) is 124 cm³/mol. The van der Waals surface area contributed by atoms with Gasteiger partial charge in [0.1, 0.15) is 0 Å². The molecule has 0 spiro atoms. The molecule has 1 N–H and O–H groups in total. The van der Waals surface area contributed by atoms with Gasteiger partial charge in [0, 0.05) is 40.3 Å². The number of guanidine groups is 1. The Kier molecular flexibility index (Phi) is 10.3. The summed E-state index contributed by atoms with van der Waals surface area (Å²) >= 11 is 0. The molecule has 0 fully saturated rings. The third-order valence-electron chi connectivity index (χ3n) is 4.64. The van der Waals surface area contributed by atoms with E-state index in [4.69, 9.17) is 0 Å². The highest BCUT2D eigenvalue weighted by molar-refractivity contribution is 14.0. The first kappa shape index (κ1) is 23.9. The molecular weight excluding hydrogens is 475 g/mol. The SMILES string of the molecule is CCS(=O)(=O)N(C)CCCNC(=NC)N1CC=C(c2ccccc2)CC1.I. The van der Waals surface area contributed by atoms with Crippen LogP contribution in [0.2, 0.25) is 0 Å². The van der Waals surface area contributed by atoms with Crippen molar-refractivity contribution < 1.29 is 8.42 Å². The van der Waals surface area contributed by atoms with Gasteiger partial charge in [-0.25, -0.2) is 12.7 Å². The molecule has 0 saturated heterocycles. The van der Waals surface area contributed by atoms with Crippen molar-refractivity contribution in [3.05, 3.63) is 42.0 Å². The number of rotatable bonds is 7. The van der Waals surface area contributed by atoms with Crippen LogP contribution in [0.3, 0.4) is 0 Å². The molecule has 0 radical (unpaired) electrons. The van der Waals surface area contributed by atoms with Crippen molar-refractivity contribution in [3.8, 4) is 0 Å². The minimum Gasteiger partial charge on any atom is -0.356 e. The van der Waals surface area contributed by atoms with Crippen LogP contribution in [0.1, 0.15) is 25.3 Å². The van der Waals surface area contributed by atoms with Crippen LogP contribution < -0.4 is 5.32 Å². The second-order valence-electron chi connectivity index (χ2n) is 6.34. The standard InChI is InChI=1S/C19H30N4O2S.HI/c1-4-26(24,25)22(3)14-8-13-21-19(20-2)23-15-11-18(12-16-23)17-9-6-5-7-10-17;/h5-7,9-11H,4,8,12-16H2,1-3H3,(H,20,21);1H. The van der Waals surface area contributed by atoms with Gasteiger partial charge in [-0.05, 0) is 30.9 Å². The highest BCUT2D eigenvalue weighted by Crippen LogP contribution is 2.21. The van der Waals surface area contributed by atoms with Gasteiger partial charge in [-0.1, -0.05) is 36.4 Å². The Labute approximate surface area is 180 Å². The summed E-state index contributed by atoms with van der Waals surface area (Å²) in [6.45, 7) is 4.62. The fraction of sp³-hybridized carbons (Fsp3) is 0.526. The summed E-state index contributed by atoms with van der Waals surface area (Å²) in [5.41, 5.74) is 2.67. The number of halogens is 1. The van der Waals surface area contributed by atoms with Gasteiger partial charge in [0.15, 0.2) is 5.96 Å². The van der Waals surface area contributed by atoms with Crippen LogP contribution in [-0.2, 0) is 10.0 Å². The lowest BCUT2D eigenvalue weighted by Crippen LogP contribution is -2.44. The third-order valence-corrected chi connectivity index (χ3v) is 6.50. The second kappa shape index (κ2) is 11.7. The van der Waals surface area contributed by atoms with Gasteiger partial charge in [-0.2, -0.15) is 0 Å². The van der Waals surface area contributed by atoms with Crippen molar-refractivity contribution in [2.75, 3.05) is 46.0 Å². The molecule has 152 valence electrons. The molecule has 0 aliphatic carbocycles. The first-order chi connectivity index (χ1) is 12.5. The highest BCUT2D eigenvalue weighted by atomic mass is 127. The van der Waals surface area contributed by atoms with Crippen LogP contribution in [0.25, 0.3) is 5.57 Å². The predicted octanol–water partition coefficient (Wildman–Crippen LogP) is 2.64. The van der Waals surface area contributed by atoms with E-state index in [1.165, 1.54) is 15.4 Å². The summed E-state index contributed by atoms with van der Waals surface area (Å²) in [6.07, 6.45) is 3.99. The van der Waals surface area contributed by atoms with Crippen LogP contribution in [0.4, 0.5) is 0 Å². The minimum absolute atomic E-state index is 0. The Bertz CT molecular complexity index is 735. The summed E-state index contributed by atoms with van der Waals surface area (Å²) in [7, 11) is 0.317. The lowest BCUT2D eigenvalue weighted by Gasteiger charge is -2.30. The minimum atomic E-state index is -3.10. The summed E-state index contributed by atoms with van der Waals surface area (Å²) in [6, 6.07) is 10.5. The van der Waals surface area contributed by atoms with Crippen molar-refractivity contribution in [1.29, 1.82) is 0 Å². The van der Waals surface area contributed by atoms with Gasteiger partial charge in [0.2, 0.25) is 10.0 Å². The van der Waals surface area contributed by atoms with E-state index >= 15 is 0 Å². The molecule has 1 aromatic carbocycles. The van der Waals surface area contributed by atoms with Crippen LogP contribution in [0, 0.1) is 0 Å². The Hall–Kier alpha value is -1.13. The molecule has 0 bridgehead atoms.